The van der Waals surface area contributed by atoms with Gasteiger partial charge in [-0.3, -0.25) is 4.90 Å². The molecule has 0 spiro atoms. The summed E-state index contributed by atoms with van der Waals surface area (Å²) in [6.45, 7) is 5.45. The predicted molar refractivity (Wildman–Crippen MR) is 75.4 cm³/mol. The van der Waals surface area contributed by atoms with Gasteiger partial charge < -0.3 is 10.5 Å². The van der Waals surface area contributed by atoms with Crippen LogP contribution in [-0.2, 0) is 4.74 Å². The van der Waals surface area contributed by atoms with Crippen LogP contribution in [0.2, 0.25) is 0 Å². The molecule has 0 bridgehead atoms. The zero-order valence-electron chi connectivity index (χ0n) is 11.4. The monoisotopic (exact) mass is 248 g/mol. The summed E-state index contributed by atoms with van der Waals surface area (Å²) in [6, 6.07) is 8.68. The van der Waals surface area contributed by atoms with Crippen LogP contribution in [0.1, 0.15) is 31.4 Å². The molecule has 1 aromatic rings. The summed E-state index contributed by atoms with van der Waals surface area (Å²) in [7, 11) is 1.79. The maximum absolute atomic E-state index is 5.86. The fourth-order valence-electron chi connectivity index (χ4n) is 2.85. The van der Waals surface area contributed by atoms with Crippen molar-refractivity contribution < 1.29 is 4.74 Å². The van der Waals surface area contributed by atoms with Crippen molar-refractivity contribution in [3.8, 4) is 0 Å². The molecule has 0 aliphatic carbocycles. The average Bonchev–Trinajstić information content (AvgIpc) is 2.39. The van der Waals surface area contributed by atoms with Crippen molar-refractivity contribution in [2.45, 2.75) is 25.8 Å². The molecule has 2 N–H and O–H groups in total. The molecule has 0 saturated carbocycles. The summed E-state index contributed by atoms with van der Waals surface area (Å²) < 4.78 is 5.29. The number of nitrogens with zero attached hydrogens (tertiary/aromatic N) is 1. The second-order valence-electron chi connectivity index (χ2n) is 5.30. The molecular formula is C15H24N2O. The number of benzene rings is 1. The van der Waals surface area contributed by atoms with Crippen LogP contribution in [0.5, 0.6) is 0 Å². The summed E-state index contributed by atoms with van der Waals surface area (Å²) >= 11 is 0. The summed E-state index contributed by atoms with van der Waals surface area (Å²) in [5.74, 6) is 0.673. The molecule has 18 heavy (non-hydrogen) atoms. The van der Waals surface area contributed by atoms with Gasteiger partial charge in [-0.1, -0.05) is 12.1 Å². The molecule has 2 atom stereocenters. The minimum Gasteiger partial charge on any atom is -0.399 e. The number of rotatable bonds is 4. The highest BCUT2D eigenvalue weighted by molar-refractivity contribution is 5.41. The van der Waals surface area contributed by atoms with Crippen LogP contribution < -0.4 is 5.73 Å². The van der Waals surface area contributed by atoms with E-state index in [1.165, 1.54) is 24.9 Å². The van der Waals surface area contributed by atoms with E-state index in [-0.39, 0.29) is 0 Å². The summed E-state index contributed by atoms with van der Waals surface area (Å²) in [6.07, 6.45) is 2.55. The van der Waals surface area contributed by atoms with E-state index in [0.29, 0.717) is 12.0 Å². The van der Waals surface area contributed by atoms with Crippen LogP contribution in [0.4, 0.5) is 5.69 Å². The Labute approximate surface area is 110 Å². The molecule has 1 aliphatic rings. The van der Waals surface area contributed by atoms with Gasteiger partial charge in [-0.25, -0.2) is 0 Å². The van der Waals surface area contributed by atoms with Crippen molar-refractivity contribution >= 4 is 5.69 Å². The second kappa shape index (κ2) is 6.21. The number of nitrogens with two attached hydrogens (primary N) is 1. The van der Waals surface area contributed by atoms with Crippen LogP contribution in [-0.4, -0.2) is 31.7 Å². The fraction of sp³-hybridized carbons (Fsp3) is 0.600. The third-order valence-corrected chi connectivity index (χ3v) is 3.89. The number of methoxy groups -OCH3 is 1. The molecule has 3 heteroatoms. The molecule has 1 heterocycles. The molecule has 2 unspecified atom stereocenters. The minimum absolute atomic E-state index is 0.438. The van der Waals surface area contributed by atoms with E-state index in [9.17, 15) is 0 Å². The number of likely N-dealkylation sites (tertiary alicyclic amines) is 1. The molecule has 1 aromatic carbocycles. The van der Waals surface area contributed by atoms with Crippen LogP contribution >= 0.6 is 0 Å². The van der Waals surface area contributed by atoms with E-state index in [1.54, 1.807) is 7.11 Å². The Bertz CT molecular complexity index is 379. The Balaban J connectivity index is 2.02. The van der Waals surface area contributed by atoms with E-state index in [4.69, 9.17) is 10.5 Å². The molecule has 2 rings (SSSR count). The molecule has 1 aliphatic heterocycles. The van der Waals surface area contributed by atoms with E-state index in [2.05, 4.69) is 24.0 Å². The lowest BCUT2D eigenvalue weighted by molar-refractivity contribution is 0.0721. The van der Waals surface area contributed by atoms with Gasteiger partial charge in [0.25, 0.3) is 0 Å². The molecule has 100 valence electrons. The Hall–Kier alpha value is -1.06. The standard InChI is InChI=1S/C15H24N2O/c1-12(14-6-3-7-15(16)9-14)17-8-4-5-13(10-17)11-18-2/h3,6-7,9,12-13H,4-5,8,10-11,16H2,1-2H3. The Morgan fingerprint density at radius 1 is 1.50 bits per heavy atom. The zero-order chi connectivity index (χ0) is 13.0. The van der Waals surface area contributed by atoms with E-state index >= 15 is 0 Å². The van der Waals surface area contributed by atoms with Crippen molar-refractivity contribution in [3.63, 3.8) is 0 Å². The molecule has 0 aromatic heterocycles. The average molecular weight is 248 g/mol. The van der Waals surface area contributed by atoms with Crippen molar-refractivity contribution in [1.82, 2.24) is 4.90 Å². The summed E-state index contributed by atoms with van der Waals surface area (Å²) in [5, 5.41) is 0. The van der Waals surface area contributed by atoms with Crippen molar-refractivity contribution in [2.24, 2.45) is 5.92 Å². The minimum atomic E-state index is 0.438. The van der Waals surface area contributed by atoms with Crippen molar-refractivity contribution in [1.29, 1.82) is 0 Å². The van der Waals surface area contributed by atoms with Crippen molar-refractivity contribution in [3.05, 3.63) is 29.8 Å². The first-order valence-corrected chi connectivity index (χ1v) is 6.79. The lowest BCUT2D eigenvalue weighted by Gasteiger charge is -2.36. The van der Waals surface area contributed by atoms with Gasteiger partial charge in [-0.2, -0.15) is 0 Å². The van der Waals surface area contributed by atoms with Gasteiger partial charge in [0, 0.05) is 25.4 Å². The Morgan fingerprint density at radius 2 is 2.33 bits per heavy atom. The highest BCUT2D eigenvalue weighted by atomic mass is 16.5. The quantitative estimate of drug-likeness (QED) is 0.833. The first-order chi connectivity index (χ1) is 8.70. The van der Waals surface area contributed by atoms with E-state index in [1.807, 2.05) is 12.1 Å². The second-order valence-corrected chi connectivity index (χ2v) is 5.30. The van der Waals surface area contributed by atoms with E-state index in [0.717, 1.165) is 18.8 Å². The topological polar surface area (TPSA) is 38.5 Å². The largest absolute Gasteiger partial charge is 0.399 e. The number of hydrogen-bond acceptors (Lipinski definition) is 3. The highest BCUT2D eigenvalue weighted by Crippen LogP contribution is 2.27. The van der Waals surface area contributed by atoms with Gasteiger partial charge in [0.1, 0.15) is 0 Å². The van der Waals surface area contributed by atoms with Crippen molar-refractivity contribution in [2.75, 3.05) is 32.5 Å². The predicted octanol–water partition coefficient (Wildman–Crippen LogP) is 2.69. The van der Waals surface area contributed by atoms with Gasteiger partial charge in [0.05, 0.1) is 6.61 Å². The third-order valence-electron chi connectivity index (χ3n) is 3.89. The lowest BCUT2D eigenvalue weighted by Crippen LogP contribution is -2.38. The molecule has 3 nitrogen and oxygen atoms in total. The highest BCUT2D eigenvalue weighted by Gasteiger charge is 2.24. The normalized spacial score (nSPS) is 22.9. The third kappa shape index (κ3) is 3.24. The molecule has 0 radical (unpaired) electrons. The van der Waals surface area contributed by atoms with Gasteiger partial charge >= 0.3 is 0 Å². The zero-order valence-corrected chi connectivity index (χ0v) is 11.4. The first-order valence-electron chi connectivity index (χ1n) is 6.79. The van der Waals surface area contributed by atoms with E-state index < -0.39 is 0 Å². The van der Waals surface area contributed by atoms with Gasteiger partial charge in [0.15, 0.2) is 0 Å². The molecule has 1 saturated heterocycles. The number of piperidine rings is 1. The maximum atomic E-state index is 5.86. The fourth-order valence-corrected chi connectivity index (χ4v) is 2.85. The first kappa shape index (κ1) is 13.4. The summed E-state index contributed by atoms with van der Waals surface area (Å²) in [5.41, 5.74) is 8.03. The maximum Gasteiger partial charge on any atom is 0.0502 e. The van der Waals surface area contributed by atoms with Crippen LogP contribution in [0.15, 0.2) is 24.3 Å². The lowest BCUT2D eigenvalue weighted by atomic mass is 9.96. The SMILES string of the molecule is COCC1CCCN(C(C)c2cccc(N)c2)C1. The van der Waals surface area contributed by atoms with Crippen LogP contribution in [0.25, 0.3) is 0 Å². The van der Waals surface area contributed by atoms with Crippen LogP contribution in [0.3, 0.4) is 0 Å². The number of ether oxygens (including phenoxy) is 1. The van der Waals surface area contributed by atoms with Crippen LogP contribution in [0, 0.1) is 5.92 Å². The summed E-state index contributed by atoms with van der Waals surface area (Å²) in [4.78, 5) is 2.54. The Morgan fingerprint density at radius 3 is 3.06 bits per heavy atom. The number of anilines is 1. The van der Waals surface area contributed by atoms with Gasteiger partial charge in [-0.15, -0.1) is 0 Å². The molecule has 1 fully saturated rings. The Kier molecular flexibility index (Phi) is 4.61. The smallest absolute Gasteiger partial charge is 0.0502 e. The number of hydrogen-bond donors (Lipinski definition) is 1. The molecule has 0 amide bonds. The molecular weight excluding hydrogens is 224 g/mol. The van der Waals surface area contributed by atoms with Gasteiger partial charge in [0.2, 0.25) is 0 Å². The number of nitrogen functional groups attached to an aromatic ring is 1. The van der Waals surface area contributed by atoms with Gasteiger partial charge in [-0.05, 0) is 49.9 Å².